The maximum atomic E-state index is 11.7. The first-order valence-electron chi connectivity index (χ1n) is 6.03. The molecule has 14 nitrogen and oxygen atoms in total. The molecule has 1 aromatic rings. The Balaban J connectivity index is -0.000000484. The van der Waals surface area contributed by atoms with Gasteiger partial charge in [0.25, 0.3) is 5.56 Å². The largest absolute Gasteiger partial charge is 0.469 e. The van der Waals surface area contributed by atoms with E-state index < -0.39 is 44.1 Å². The van der Waals surface area contributed by atoms with Gasteiger partial charge < -0.3 is 41.5 Å². The van der Waals surface area contributed by atoms with Gasteiger partial charge in [0.1, 0.15) is 12.3 Å². The Kier molecular flexibility index (Phi) is 16.0. The zero-order valence-corrected chi connectivity index (χ0v) is 16.0. The van der Waals surface area contributed by atoms with E-state index in [9.17, 15) is 19.3 Å². The van der Waals surface area contributed by atoms with Crippen molar-refractivity contribution in [2.75, 3.05) is 6.61 Å². The van der Waals surface area contributed by atoms with E-state index >= 15 is 0 Å². The summed E-state index contributed by atoms with van der Waals surface area (Å²) in [6, 6.07) is 0. The van der Waals surface area contributed by atoms with Crippen LogP contribution in [-0.4, -0.2) is 65.2 Å². The van der Waals surface area contributed by atoms with Crippen molar-refractivity contribution in [3.8, 4) is 0 Å². The molecule has 0 radical (unpaired) electrons. The number of aliphatic hydroxyl groups excluding tert-OH is 1. The quantitative estimate of drug-likeness (QED) is 0.259. The second-order valence-electron chi connectivity index (χ2n) is 4.70. The van der Waals surface area contributed by atoms with E-state index in [4.69, 9.17) is 14.5 Å². The Hall–Kier alpha value is -0.736. The van der Waals surface area contributed by atoms with Crippen molar-refractivity contribution in [1.29, 1.82) is 0 Å². The van der Waals surface area contributed by atoms with Gasteiger partial charge in [-0.05, 0) is 6.92 Å². The number of nitrogens with one attached hydrogen (secondary N) is 1. The molecular formula is C10H23N2O12PTi. The number of phosphoric acid groups is 1. The van der Waals surface area contributed by atoms with Gasteiger partial charge in [-0.25, -0.2) is 9.36 Å². The van der Waals surface area contributed by atoms with E-state index in [-0.39, 0.29) is 50.0 Å². The van der Waals surface area contributed by atoms with Crippen molar-refractivity contribution < 1.29 is 72.3 Å². The fourth-order valence-corrected chi connectivity index (χ4v) is 2.35. The molecule has 0 spiro atoms. The van der Waals surface area contributed by atoms with E-state index in [1.54, 1.807) is 0 Å². The van der Waals surface area contributed by atoms with Gasteiger partial charge in [0, 0.05) is 39.9 Å². The number of hydrogen-bond acceptors (Lipinski definition) is 6. The number of nitrogens with zero attached hydrogens (tertiary/aromatic N) is 1. The van der Waals surface area contributed by atoms with Crippen LogP contribution in [0.15, 0.2) is 15.8 Å². The average molecular weight is 442 g/mol. The average Bonchev–Trinajstić information content (AvgIpc) is 2.72. The molecule has 1 aromatic heterocycles. The molecule has 26 heavy (non-hydrogen) atoms. The van der Waals surface area contributed by atoms with Crippen LogP contribution in [0.2, 0.25) is 0 Å². The molecule has 0 bridgehead atoms. The van der Waals surface area contributed by atoms with Crippen LogP contribution in [0.5, 0.6) is 0 Å². The molecule has 0 aliphatic carbocycles. The van der Waals surface area contributed by atoms with Crippen molar-refractivity contribution in [1.82, 2.24) is 9.55 Å². The summed E-state index contributed by atoms with van der Waals surface area (Å²) >= 11 is 0. The molecule has 12 N–H and O–H groups in total. The van der Waals surface area contributed by atoms with Gasteiger partial charge in [0.2, 0.25) is 0 Å². The van der Waals surface area contributed by atoms with Crippen molar-refractivity contribution in [2.45, 2.75) is 31.8 Å². The molecule has 16 heteroatoms. The monoisotopic (exact) mass is 442 g/mol. The predicted octanol–water partition coefficient (Wildman–Crippen LogP) is -4.70. The Morgan fingerprint density at radius 3 is 2.35 bits per heavy atom. The first kappa shape index (κ1) is 32.9. The Morgan fingerprint density at radius 1 is 1.31 bits per heavy atom. The standard InChI is InChI=1S/C10H15N2O8P.4H2O.Ti/c1-5-3-12(10(15)11-9(5)14)8-2-6(13)7(20-8)4-19-21(16,17)18;;;;;/h3,6-8,13H,2,4H2,1H3,(H,11,14,15)(H2,16,17,18);4*1H2;/t6-,7+,8+;;;;;/m0...../s1. The molecule has 3 atom stereocenters. The molecule has 0 amide bonds. The molecular weight excluding hydrogens is 419 g/mol. The first-order valence-corrected chi connectivity index (χ1v) is 7.56. The molecule has 1 saturated heterocycles. The number of aliphatic hydroxyl groups is 1. The topological polar surface area (TPSA) is 277 Å². The van der Waals surface area contributed by atoms with Crippen molar-refractivity contribution in [3.63, 3.8) is 0 Å². The number of aromatic nitrogens is 2. The summed E-state index contributed by atoms with van der Waals surface area (Å²) in [5, 5.41) is 9.79. The Morgan fingerprint density at radius 2 is 1.85 bits per heavy atom. The summed E-state index contributed by atoms with van der Waals surface area (Å²) in [5.41, 5.74) is -0.918. The second kappa shape index (κ2) is 12.6. The van der Waals surface area contributed by atoms with Crippen LogP contribution in [0.1, 0.15) is 18.2 Å². The van der Waals surface area contributed by atoms with E-state index in [2.05, 4.69) is 9.51 Å². The third-order valence-corrected chi connectivity index (χ3v) is 3.55. The third-order valence-electron chi connectivity index (χ3n) is 3.07. The van der Waals surface area contributed by atoms with Gasteiger partial charge in [-0.2, -0.15) is 0 Å². The zero-order valence-electron chi connectivity index (χ0n) is 13.5. The molecule has 1 aliphatic rings. The van der Waals surface area contributed by atoms with E-state index in [1.165, 1.54) is 13.1 Å². The van der Waals surface area contributed by atoms with Crippen LogP contribution in [0.4, 0.5) is 0 Å². The van der Waals surface area contributed by atoms with Crippen LogP contribution in [0, 0.1) is 6.92 Å². The number of rotatable bonds is 4. The molecule has 1 fully saturated rings. The summed E-state index contributed by atoms with van der Waals surface area (Å²) < 4.78 is 21.4. The number of H-pyrrole nitrogens is 1. The number of ether oxygens (including phenoxy) is 1. The van der Waals surface area contributed by atoms with Gasteiger partial charge >= 0.3 is 13.5 Å². The van der Waals surface area contributed by atoms with Crippen LogP contribution in [0.25, 0.3) is 0 Å². The maximum absolute atomic E-state index is 11.7. The molecule has 0 unspecified atom stereocenters. The minimum absolute atomic E-state index is 0. The number of aromatic amines is 1. The van der Waals surface area contributed by atoms with Crippen LogP contribution in [-0.2, 0) is 35.5 Å². The summed E-state index contributed by atoms with van der Waals surface area (Å²) in [5.74, 6) is 0. The van der Waals surface area contributed by atoms with Crippen molar-refractivity contribution >= 4 is 7.82 Å². The summed E-state index contributed by atoms with van der Waals surface area (Å²) in [6.45, 7) is 0.994. The molecule has 2 heterocycles. The van der Waals surface area contributed by atoms with Crippen LogP contribution < -0.4 is 11.2 Å². The minimum atomic E-state index is -4.67. The minimum Gasteiger partial charge on any atom is -0.412 e. The van der Waals surface area contributed by atoms with E-state index in [1.807, 2.05) is 0 Å². The summed E-state index contributed by atoms with van der Waals surface area (Å²) in [7, 11) is -4.67. The number of aryl methyl sites for hydroxylation is 1. The summed E-state index contributed by atoms with van der Waals surface area (Å²) in [4.78, 5) is 42.3. The van der Waals surface area contributed by atoms with Gasteiger partial charge in [-0.3, -0.25) is 18.9 Å². The summed E-state index contributed by atoms with van der Waals surface area (Å²) in [6.07, 6.45) is -1.57. The normalized spacial score (nSPS) is 21.2. The van der Waals surface area contributed by atoms with E-state index in [0.717, 1.165) is 4.57 Å². The molecule has 0 saturated carbocycles. The second-order valence-corrected chi connectivity index (χ2v) is 5.94. The smallest absolute Gasteiger partial charge is 0.412 e. The van der Waals surface area contributed by atoms with E-state index in [0.29, 0.717) is 5.56 Å². The Bertz CT molecular complexity index is 687. The van der Waals surface area contributed by atoms with Crippen LogP contribution in [0.3, 0.4) is 0 Å². The first-order chi connectivity index (χ1) is 9.67. The fourth-order valence-electron chi connectivity index (χ4n) is 2.01. The van der Waals surface area contributed by atoms with Crippen molar-refractivity contribution in [2.24, 2.45) is 0 Å². The molecule has 2 rings (SSSR count). The van der Waals surface area contributed by atoms with Gasteiger partial charge in [-0.15, -0.1) is 0 Å². The van der Waals surface area contributed by atoms with Crippen molar-refractivity contribution in [3.05, 3.63) is 32.6 Å². The van der Waals surface area contributed by atoms with Gasteiger partial charge in [0.15, 0.2) is 0 Å². The maximum Gasteiger partial charge on any atom is 0.469 e. The number of phosphoric ester groups is 1. The molecule has 1 aliphatic heterocycles. The Labute approximate surface area is 161 Å². The predicted molar refractivity (Wildman–Crippen MR) is 83.0 cm³/mol. The molecule has 154 valence electrons. The molecule has 0 aromatic carbocycles. The van der Waals surface area contributed by atoms with Gasteiger partial charge in [-0.1, -0.05) is 0 Å². The van der Waals surface area contributed by atoms with Gasteiger partial charge in [0.05, 0.1) is 12.7 Å². The SMILES string of the molecule is Cc1cn([C@H]2C[C@H](O)[C@@H](COP(=O)(O)O)O2)c(=O)[nH]c1=O.O.O.O.O.[Ti]. The van der Waals surface area contributed by atoms with Crippen LogP contribution >= 0.6 is 7.82 Å². The number of hydrogen-bond donors (Lipinski definition) is 4. The zero-order chi connectivity index (χ0) is 15.8. The fraction of sp³-hybridized carbons (Fsp3) is 0.600. The third kappa shape index (κ3) is 8.30.